The van der Waals surface area contributed by atoms with E-state index in [0.717, 1.165) is 17.7 Å². The standard InChI is InChI=1S/C15H23NO/c1-3-12-6-4-5-7-13(12)15(17)14-9-8-11(2)10-16-14/h8-10,12-13,15,17H,3-7H2,1-2H3. The van der Waals surface area contributed by atoms with Crippen molar-refractivity contribution in [3.05, 3.63) is 29.6 Å². The van der Waals surface area contributed by atoms with Gasteiger partial charge in [-0.2, -0.15) is 0 Å². The van der Waals surface area contributed by atoms with Crippen LogP contribution in [0, 0.1) is 18.8 Å². The number of nitrogens with zero attached hydrogens (tertiary/aromatic N) is 1. The van der Waals surface area contributed by atoms with Gasteiger partial charge in [0.15, 0.2) is 0 Å². The molecule has 1 aromatic heterocycles. The van der Waals surface area contributed by atoms with Crippen molar-refractivity contribution < 1.29 is 5.11 Å². The Morgan fingerprint density at radius 2 is 2.12 bits per heavy atom. The van der Waals surface area contributed by atoms with Gasteiger partial charge in [-0.15, -0.1) is 0 Å². The predicted molar refractivity (Wildman–Crippen MR) is 69.7 cm³/mol. The van der Waals surface area contributed by atoms with Gasteiger partial charge in [-0.3, -0.25) is 4.98 Å². The monoisotopic (exact) mass is 233 g/mol. The van der Waals surface area contributed by atoms with Gasteiger partial charge >= 0.3 is 0 Å². The van der Waals surface area contributed by atoms with E-state index in [0.29, 0.717) is 11.8 Å². The summed E-state index contributed by atoms with van der Waals surface area (Å²) in [7, 11) is 0. The number of pyridine rings is 1. The molecule has 2 nitrogen and oxygen atoms in total. The summed E-state index contributed by atoms with van der Waals surface area (Å²) in [6.07, 6.45) is 7.64. The van der Waals surface area contributed by atoms with Crippen LogP contribution in [0.4, 0.5) is 0 Å². The van der Waals surface area contributed by atoms with Crippen molar-refractivity contribution in [1.82, 2.24) is 4.98 Å². The molecule has 1 saturated carbocycles. The van der Waals surface area contributed by atoms with Gasteiger partial charge in [0, 0.05) is 6.20 Å². The second kappa shape index (κ2) is 5.63. The van der Waals surface area contributed by atoms with Crippen molar-refractivity contribution in [3.8, 4) is 0 Å². The highest BCUT2D eigenvalue weighted by Gasteiger charge is 2.31. The van der Waals surface area contributed by atoms with Gasteiger partial charge in [-0.1, -0.05) is 38.7 Å². The normalized spacial score (nSPS) is 26.8. The third-order valence-electron chi connectivity index (χ3n) is 4.14. The maximum atomic E-state index is 10.5. The van der Waals surface area contributed by atoms with Crippen LogP contribution in [0.25, 0.3) is 0 Å². The van der Waals surface area contributed by atoms with Gasteiger partial charge in [-0.25, -0.2) is 0 Å². The minimum Gasteiger partial charge on any atom is -0.387 e. The van der Waals surface area contributed by atoms with Crippen molar-refractivity contribution >= 4 is 0 Å². The molecule has 0 saturated heterocycles. The number of aromatic nitrogens is 1. The van der Waals surface area contributed by atoms with Crippen LogP contribution >= 0.6 is 0 Å². The zero-order valence-electron chi connectivity index (χ0n) is 10.9. The topological polar surface area (TPSA) is 33.1 Å². The lowest BCUT2D eigenvalue weighted by molar-refractivity contribution is 0.0422. The highest BCUT2D eigenvalue weighted by molar-refractivity contribution is 5.14. The van der Waals surface area contributed by atoms with Gasteiger partial charge in [0.05, 0.1) is 11.8 Å². The first-order chi connectivity index (χ1) is 8.22. The molecule has 3 atom stereocenters. The fraction of sp³-hybridized carbons (Fsp3) is 0.667. The summed E-state index contributed by atoms with van der Waals surface area (Å²) >= 11 is 0. The number of hydrogen-bond donors (Lipinski definition) is 1. The van der Waals surface area contributed by atoms with Crippen LogP contribution in [0.3, 0.4) is 0 Å². The third kappa shape index (κ3) is 2.86. The number of hydrogen-bond acceptors (Lipinski definition) is 2. The minimum atomic E-state index is -0.374. The highest BCUT2D eigenvalue weighted by Crippen LogP contribution is 2.39. The molecule has 17 heavy (non-hydrogen) atoms. The van der Waals surface area contributed by atoms with Gasteiger partial charge in [-0.05, 0) is 36.8 Å². The molecule has 1 aliphatic rings. The first-order valence-electron chi connectivity index (χ1n) is 6.83. The van der Waals surface area contributed by atoms with Crippen molar-refractivity contribution in [1.29, 1.82) is 0 Å². The summed E-state index contributed by atoms with van der Waals surface area (Å²) in [4.78, 5) is 4.37. The molecule has 0 spiro atoms. The Balaban J connectivity index is 2.12. The van der Waals surface area contributed by atoms with Crippen LogP contribution in [0.2, 0.25) is 0 Å². The fourth-order valence-electron chi connectivity index (χ4n) is 3.03. The van der Waals surface area contributed by atoms with E-state index in [1.807, 2.05) is 25.3 Å². The fourth-order valence-corrected chi connectivity index (χ4v) is 3.03. The van der Waals surface area contributed by atoms with Crippen molar-refractivity contribution in [2.75, 3.05) is 0 Å². The van der Waals surface area contributed by atoms with Gasteiger partial charge in [0.2, 0.25) is 0 Å². The molecule has 1 aliphatic carbocycles. The Bertz CT molecular complexity index is 346. The quantitative estimate of drug-likeness (QED) is 0.864. The summed E-state index contributed by atoms with van der Waals surface area (Å²) in [6, 6.07) is 4.01. The molecular formula is C15H23NO. The lowest BCUT2D eigenvalue weighted by Gasteiger charge is -2.34. The third-order valence-corrected chi connectivity index (χ3v) is 4.14. The zero-order valence-corrected chi connectivity index (χ0v) is 10.9. The van der Waals surface area contributed by atoms with E-state index in [4.69, 9.17) is 0 Å². The van der Waals surface area contributed by atoms with E-state index >= 15 is 0 Å². The lowest BCUT2D eigenvalue weighted by atomic mass is 9.74. The Morgan fingerprint density at radius 3 is 2.76 bits per heavy atom. The molecule has 1 N–H and O–H groups in total. The second-order valence-electron chi connectivity index (χ2n) is 5.32. The van der Waals surface area contributed by atoms with Gasteiger partial charge < -0.3 is 5.11 Å². The molecule has 1 aromatic rings. The summed E-state index contributed by atoms with van der Waals surface area (Å²) < 4.78 is 0. The average Bonchev–Trinajstić information content (AvgIpc) is 2.39. The molecule has 94 valence electrons. The summed E-state index contributed by atoms with van der Waals surface area (Å²) in [5.74, 6) is 1.07. The van der Waals surface area contributed by atoms with Crippen molar-refractivity contribution in [2.24, 2.45) is 11.8 Å². The molecule has 0 amide bonds. The van der Waals surface area contributed by atoms with E-state index in [9.17, 15) is 5.11 Å². The molecule has 0 radical (unpaired) electrons. The molecule has 0 aromatic carbocycles. The van der Waals surface area contributed by atoms with Gasteiger partial charge in [0.25, 0.3) is 0 Å². The van der Waals surface area contributed by atoms with Crippen LogP contribution in [0.1, 0.15) is 56.4 Å². The zero-order chi connectivity index (χ0) is 12.3. The number of rotatable bonds is 3. The average molecular weight is 233 g/mol. The predicted octanol–water partition coefficient (Wildman–Crippen LogP) is 3.64. The maximum absolute atomic E-state index is 10.5. The summed E-state index contributed by atoms with van der Waals surface area (Å²) in [5, 5.41) is 10.5. The molecule has 2 heteroatoms. The minimum absolute atomic E-state index is 0.374. The molecule has 0 bridgehead atoms. The van der Waals surface area contributed by atoms with Crippen LogP contribution in [-0.4, -0.2) is 10.1 Å². The van der Waals surface area contributed by atoms with E-state index in [2.05, 4.69) is 11.9 Å². The van der Waals surface area contributed by atoms with Crippen LogP contribution in [-0.2, 0) is 0 Å². The molecule has 1 fully saturated rings. The largest absolute Gasteiger partial charge is 0.387 e. The van der Waals surface area contributed by atoms with Crippen LogP contribution in [0.15, 0.2) is 18.3 Å². The Labute approximate surface area is 104 Å². The Hall–Kier alpha value is -0.890. The first kappa shape index (κ1) is 12.6. The SMILES string of the molecule is CCC1CCCCC1C(O)c1ccc(C)cn1. The molecule has 0 aliphatic heterocycles. The second-order valence-corrected chi connectivity index (χ2v) is 5.32. The summed E-state index contributed by atoms with van der Waals surface area (Å²) in [6.45, 7) is 4.26. The van der Waals surface area contributed by atoms with E-state index in [-0.39, 0.29) is 6.10 Å². The smallest absolute Gasteiger partial charge is 0.0990 e. The summed E-state index contributed by atoms with van der Waals surface area (Å²) in [5.41, 5.74) is 2.00. The number of aliphatic hydroxyl groups excluding tert-OH is 1. The van der Waals surface area contributed by atoms with Crippen molar-refractivity contribution in [2.45, 2.75) is 52.1 Å². The molecule has 1 heterocycles. The van der Waals surface area contributed by atoms with Crippen LogP contribution in [0.5, 0.6) is 0 Å². The van der Waals surface area contributed by atoms with Gasteiger partial charge in [0.1, 0.15) is 0 Å². The van der Waals surface area contributed by atoms with Crippen molar-refractivity contribution in [3.63, 3.8) is 0 Å². The Kier molecular flexibility index (Phi) is 4.16. The Morgan fingerprint density at radius 1 is 1.35 bits per heavy atom. The maximum Gasteiger partial charge on any atom is 0.0990 e. The number of aliphatic hydroxyl groups is 1. The molecular weight excluding hydrogens is 210 g/mol. The van der Waals surface area contributed by atoms with Crippen LogP contribution < -0.4 is 0 Å². The van der Waals surface area contributed by atoms with E-state index < -0.39 is 0 Å². The molecule has 2 rings (SSSR count). The van der Waals surface area contributed by atoms with E-state index in [1.165, 1.54) is 25.7 Å². The molecule has 3 unspecified atom stereocenters. The van der Waals surface area contributed by atoms with E-state index in [1.54, 1.807) is 0 Å². The first-order valence-corrected chi connectivity index (χ1v) is 6.83. The lowest BCUT2D eigenvalue weighted by Crippen LogP contribution is -2.25. The highest BCUT2D eigenvalue weighted by atomic mass is 16.3. The number of aryl methyl sites for hydroxylation is 1.